The van der Waals surface area contributed by atoms with Gasteiger partial charge in [-0.25, -0.2) is 14.4 Å². The monoisotopic (exact) mass is 460 g/mol. The van der Waals surface area contributed by atoms with Gasteiger partial charge in [0.25, 0.3) is 0 Å². The standard InChI is InChI=1S/C22H25F5N2O3/c1-11-16(14-6-7-15(23)17(24)18(14)31-5)19(32-21(11,3)22(25,26)27)20-28-10-13(8-9-30-4)12(2)29-20/h6-7,10-11,16,19H,8-9H2,1-5H3/t11-,16-,19+,21+/m0/s1. The predicted octanol–water partition coefficient (Wildman–Crippen LogP) is 5.07. The largest absolute Gasteiger partial charge is 0.493 e. The number of nitrogens with zero attached hydrogens (tertiary/aromatic N) is 2. The van der Waals surface area contributed by atoms with E-state index in [4.69, 9.17) is 14.2 Å². The normalized spacial score (nSPS) is 25.9. The van der Waals surface area contributed by atoms with Gasteiger partial charge in [-0.15, -0.1) is 0 Å². The Labute approximate surface area is 182 Å². The SMILES string of the molecule is COCCc1cnc([C@@H]2O[C@@](C)(C(F)(F)F)[C@@H](C)[C@H]2c2ccc(F)c(F)c2OC)nc1C. The fourth-order valence-electron chi connectivity index (χ4n) is 4.14. The molecule has 2 heterocycles. The zero-order valence-electron chi connectivity index (χ0n) is 18.4. The van der Waals surface area contributed by atoms with Crippen LogP contribution in [0.1, 0.15) is 48.5 Å². The Balaban J connectivity index is 2.15. The number of hydrogen-bond donors (Lipinski definition) is 0. The molecule has 32 heavy (non-hydrogen) atoms. The van der Waals surface area contributed by atoms with Crippen LogP contribution >= 0.6 is 0 Å². The van der Waals surface area contributed by atoms with Crippen molar-refractivity contribution in [2.24, 2.45) is 5.92 Å². The molecule has 1 aromatic carbocycles. The van der Waals surface area contributed by atoms with Crippen molar-refractivity contribution < 1.29 is 36.2 Å². The molecule has 1 saturated heterocycles. The van der Waals surface area contributed by atoms with Gasteiger partial charge in [-0.05, 0) is 31.9 Å². The topological polar surface area (TPSA) is 53.5 Å². The lowest BCUT2D eigenvalue weighted by atomic mass is 9.77. The van der Waals surface area contributed by atoms with E-state index >= 15 is 0 Å². The third-order valence-corrected chi connectivity index (χ3v) is 6.24. The molecule has 0 N–H and O–H groups in total. The minimum atomic E-state index is -4.72. The Bertz CT molecular complexity index is 985. The van der Waals surface area contributed by atoms with Gasteiger partial charge in [-0.2, -0.15) is 17.6 Å². The second-order valence-corrected chi connectivity index (χ2v) is 8.02. The molecular weight excluding hydrogens is 435 g/mol. The Hall–Kier alpha value is -2.33. The minimum Gasteiger partial charge on any atom is -0.493 e. The fraction of sp³-hybridized carbons (Fsp3) is 0.545. The zero-order chi connectivity index (χ0) is 23.8. The first-order chi connectivity index (χ1) is 15.0. The summed E-state index contributed by atoms with van der Waals surface area (Å²) in [6.45, 7) is 4.45. The summed E-state index contributed by atoms with van der Waals surface area (Å²) < 4.78 is 86.0. The molecule has 4 atom stereocenters. The summed E-state index contributed by atoms with van der Waals surface area (Å²) in [6.07, 6.45) is -3.93. The molecule has 176 valence electrons. The third-order valence-electron chi connectivity index (χ3n) is 6.24. The van der Waals surface area contributed by atoms with Gasteiger partial charge in [0.15, 0.2) is 23.0 Å². The van der Waals surface area contributed by atoms with E-state index in [1.807, 2.05) is 0 Å². The van der Waals surface area contributed by atoms with Crippen LogP contribution in [0.5, 0.6) is 5.75 Å². The van der Waals surface area contributed by atoms with Crippen molar-refractivity contribution >= 4 is 0 Å². The highest BCUT2D eigenvalue weighted by Gasteiger charge is 2.65. The van der Waals surface area contributed by atoms with Crippen molar-refractivity contribution in [2.75, 3.05) is 20.8 Å². The van der Waals surface area contributed by atoms with Crippen LogP contribution in [0.2, 0.25) is 0 Å². The molecular formula is C22H25F5N2O3. The van der Waals surface area contributed by atoms with Gasteiger partial charge in [0.1, 0.15) is 6.10 Å². The van der Waals surface area contributed by atoms with Gasteiger partial charge in [0.2, 0.25) is 5.82 Å². The number of hydrogen-bond acceptors (Lipinski definition) is 5. The Morgan fingerprint density at radius 2 is 1.88 bits per heavy atom. The van der Waals surface area contributed by atoms with Crippen molar-refractivity contribution in [3.63, 3.8) is 0 Å². The van der Waals surface area contributed by atoms with E-state index in [2.05, 4.69) is 9.97 Å². The Morgan fingerprint density at radius 1 is 1.19 bits per heavy atom. The first-order valence-corrected chi connectivity index (χ1v) is 10.0. The summed E-state index contributed by atoms with van der Waals surface area (Å²) in [5, 5.41) is 0. The van der Waals surface area contributed by atoms with Crippen LogP contribution in [-0.2, 0) is 15.9 Å². The zero-order valence-corrected chi connectivity index (χ0v) is 18.4. The van der Waals surface area contributed by atoms with Crippen LogP contribution in [0.3, 0.4) is 0 Å². The van der Waals surface area contributed by atoms with Crippen LogP contribution in [-0.4, -0.2) is 42.6 Å². The Morgan fingerprint density at radius 3 is 2.44 bits per heavy atom. The van der Waals surface area contributed by atoms with E-state index in [0.29, 0.717) is 18.7 Å². The molecule has 0 spiro atoms. The molecule has 5 nitrogen and oxygen atoms in total. The summed E-state index contributed by atoms with van der Waals surface area (Å²) in [5.41, 5.74) is -1.16. The summed E-state index contributed by atoms with van der Waals surface area (Å²) in [5.74, 6) is -5.10. The molecule has 10 heteroatoms. The molecule has 0 saturated carbocycles. The predicted molar refractivity (Wildman–Crippen MR) is 105 cm³/mol. The first kappa shape index (κ1) is 24.3. The van der Waals surface area contributed by atoms with Gasteiger partial charge in [0.05, 0.1) is 13.7 Å². The van der Waals surface area contributed by atoms with E-state index in [1.54, 1.807) is 14.0 Å². The lowest BCUT2D eigenvalue weighted by Crippen LogP contribution is -2.46. The van der Waals surface area contributed by atoms with Crippen LogP contribution in [0, 0.1) is 24.5 Å². The van der Waals surface area contributed by atoms with E-state index in [9.17, 15) is 22.0 Å². The van der Waals surface area contributed by atoms with Gasteiger partial charge in [-0.3, -0.25) is 0 Å². The quantitative estimate of drug-likeness (QED) is 0.564. The number of methoxy groups -OCH3 is 2. The van der Waals surface area contributed by atoms with Gasteiger partial charge in [0, 0.05) is 36.4 Å². The molecule has 1 aliphatic rings. The molecule has 1 fully saturated rings. The molecule has 0 bridgehead atoms. The van der Waals surface area contributed by atoms with Crippen LogP contribution in [0.15, 0.2) is 18.3 Å². The van der Waals surface area contributed by atoms with E-state index in [1.165, 1.54) is 19.2 Å². The average Bonchev–Trinajstić information content (AvgIpc) is 3.01. The van der Waals surface area contributed by atoms with Gasteiger partial charge < -0.3 is 14.2 Å². The number of benzene rings is 1. The number of rotatable bonds is 6. The summed E-state index contributed by atoms with van der Waals surface area (Å²) in [6, 6.07) is 2.08. The minimum absolute atomic E-state index is 0.0280. The van der Waals surface area contributed by atoms with Crippen molar-refractivity contribution in [2.45, 2.75) is 51.0 Å². The highest BCUT2D eigenvalue weighted by Crippen LogP contribution is 2.59. The van der Waals surface area contributed by atoms with Crippen molar-refractivity contribution in [1.29, 1.82) is 0 Å². The second-order valence-electron chi connectivity index (χ2n) is 8.02. The maximum Gasteiger partial charge on any atom is 0.417 e. The van der Waals surface area contributed by atoms with Crippen molar-refractivity contribution in [3.05, 3.63) is 52.6 Å². The molecule has 1 aromatic heterocycles. The third kappa shape index (κ3) is 4.05. The molecule has 0 radical (unpaired) electrons. The second kappa shape index (κ2) is 8.90. The number of ether oxygens (including phenoxy) is 3. The summed E-state index contributed by atoms with van der Waals surface area (Å²) in [7, 11) is 2.68. The van der Waals surface area contributed by atoms with Gasteiger partial charge >= 0.3 is 6.18 Å². The molecule has 3 rings (SSSR count). The molecule has 2 aromatic rings. The summed E-state index contributed by atoms with van der Waals surface area (Å²) >= 11 is 0. The van der Waals surface area contributed by atoms with Gasteiger partial charge in [-0.1, -0.05) is 13.0 Å². The Kier molecular flexibility index (Phi) is 6.76. The number of aromatic nitrogens is 2. The van der Waals surface area contributed by atoms with Crippen LogP contribution in [0.25, 0.3) is 0 Å². The highest BCUT2D eigenvalue weighted by molar-refractivity contribution is 5.41. The molecule has 0 aliphatic carbocycles. The lowest BCUT2D eigenvalue weighted by molar-refractivity contribution is -0.275. The molecule has 1 aliphatic heterocycles. The maximum atomic E-state index is 14.4. The molecule has 0 amide bonds. The van der Waals surface area contributed by atoms with Crippen LogP contribution < -0.4 is 4.74 Å². The highest BCUT2D eigenvalue weighted by atomic mass is 19.4. The number of aryl methyl sites for hydroxylation is 1. The first-order valence-electron chi connectivity index (χ1n) is 10.0. The molecule has 0 unspecified atom stereocenters. The van der Waals surface area contributed by atoms with E-state index in [0.717, 1.165) is 25.7 Å². The average molecular weight is 460 g/mol. The fourth-order valence-corrected chi connectivity index (χ4v) is 4.14. The van der Waals surface area contributed by atoms with E-state index in [-0.39, 0.29) is 11.4 Å². The van der Waals surface area contributed by atoms with E-state index < -0.39 is 47.1 Å². The smallest absolute Gasteiger partial charge is 0.417 e. The lowest BCUT2D eigenvalue weighted by Gasteiger charge is -2.32. The number of alkyl halides is 3. The van der Waals surface area contributed by atoms with Crippen LogP contribution in [0.4, 0.5) is 22.0 Å². The maximum absolute atomic E-state index is 14.4. The van der Waals surface area contributed by atoms with Crippen molar-refractivity contribution in [3.8, 4) is 5.75 Å². The van der Waals surface area contributed by atoms with Crippen molar-refractivity contribution in [1.82, 2.24) is 9.97 Å². The summed E-state index contributed by atoms with van der Waals surface area (Å²) in [4.78, 5) is 8.65. The number of halogens is 5.